The van der Waals surface area contributed by atoms with Crippen molar-refractivity contribution in [3.63, 3.8) is 0 Å². The average Bonchev–Trinajstić information content (AvgIpc) is 2.50. The van der Waals surface area contributed by atoms with Gasteiger partial charge >= 0.3 is 5.97 Å². The van der Waals surface area contributed by atoms with E-state index in [0.717, 1.165) is 19.3 Å². The molecule has 0 spiro atoms. The lowest BCUT2D eigenvalue weighted by atomic mass is 10.2. The maximum atomic E-state index is 11.9. The van der Waals surface area contributed by atoms with E-state index in [1.165, 1.54) is 11.8 Å². The maximum absolute atomic E-state index is 11.9. The zero-order chi connectivity index (χ0) is 15.1. The fraction of sp³-hybridized carbons (Fsp3) is 0.400. The number of benzene rings is 1. The molecule has 6 heteroatoms. The molecule has 0 amide bonds. The third kappa shape index (κ3) is 4.60. The molecule has 0 bridgehead atoms. The van der Waals surface area contributed by atoms with Crippen molar-refractivity contribution in [1.29, 1.82) is 0 Å². The Balaban J connectivity index is 1.91. The summed E-state index contributed by atoms with van der Waals surface area (Å²) in [6, 6.07) is 7.11. The van der Waals surface area contributed by atoms with Gasteiger partial charge in [-0.1, -0.05) is 43.7 Å². The highest BCUT2D eigenvalue weighted by molar-refractivity contribution is 7.99. The summed E-state index contributed by atoms with van der Waals surface area (Å²) in [6.07, 6.45) is 3.03. The van der Waals surface area contributed by atoms with E-state index in [9.17, 15) is 9.59 Å². The van der Waals surface area contributed by atoms with Crippen molar-refractivity contribution in [3.05, 3.63) is 34.6 Å². The van der Waals surface area contributed by atoms with Gasteiger partial charge in [0.15, 0.2) is 5.16 Å². The lowest BCUT2D eigenvalue weighted by molar-refractivity contribution is -0.140. The van der Waals surface area contributed by atoms with Gasteiger partial charge in [-0.3, -0.25) is 9.59 Å². The van der Waals surface area contributed by atoms with Crippen molar-refractivity contribution in [2.75, 3.05) is 12.4 Å². The van der Waals surface area contributed by atoms with Crippen molar-refractivity contribution in [2.24, 2.45) is 0 Å². The van der Waals surface area contributed by atoms with Gasteiger partial charge in [-0.2, -0.15) is 0 Å². The minimum atomic E-state index is -0.285. The molecule has 0 saturated heterocycles. The lowest BCUT2D eigenvalue weighted by Gasteiger charge is -2.04. The van der Waals surface area contributed by atoms with E-state index in [1.54, 1.807) is 18.2 Å². The van der Waals surface area contributed by atoms with E-state index in [1.807, 2.05) is 6.07 Å². The summed E-state index contributed by atoms with van der Waals surface area (Å²) >= 11 is 1.18. The number of hydrogen-bond donors (Lipinski definition) is 1. The third-order valence-electron chi connectivity index (χ3n) is 2.93. The van der Waals surface area contributed by atoms with Gasteiger partial charge in [0.25, 0.3) is 5.56 Å². The summed E-state index contributed by atoms with van der Waals surface area (Å²) in [6.45, 7) is 2.55. The number of aromatic amines is 1. The Labute approximate surface area is 127 Å². The Kier molecular flexibility index (Phi) is 5.80. The molecule has 2 aromatic rings. The SMILES string of the molecule is CCCCCOC(=O)CSc1nc2ccccc2c(=O)[nH]1. The topological polar surface area (TPSA) is 72.0 Å². The first-order valence-corrected chi connectivity index (χ1v) is 7.96. The number of carbonyl (C=O) groups is 1. The molecular weight excluding hydrogens is 288 g/mol. The number of carbonyl (C=O) groups excluding carboxylic acids is 1. The normalized spacial score (nSPS) is 10.7. The number of rotatable bonds is 7. The van der Waals surface area contributed by atoms with Crippen LogP contribution in [-0.2, 0) is 9.53 Å². The number of thioether (sulfide) groups is 1. The second-order valence-electron chi connectivity index (χ2n) is 4.60. The predicted octanol–water partition coefficient (Wildman–Crippen LogP) is 2.75. The number of para-hydroxylation sites is 1. The molecule has 0 fully saturated rings. The molecule has 0 aliphatic heterocycles. The molecule has 0 aliphatic carbocycles. The van der Waals surface area contributed by atoms with Crippen molar-refractivity contribution in [2.45, 2.75) is 31.3 Å². The van der Waals surface area contributed by atoms with Crippen LogP contribution in [0.1, 0.15) is 26.2 Å². The first kappa shape index (κ1) is 15.6. The van der Waals surface area contributed by atoms with Crippen molar-refractivity contribution in [3.8, 4) is 0 Å². The highest BCUT2D eigenvalue weighted by Crippen LogP contribution is 2.14. The van der Waals surface area contributed by atoms with Crippen molar-refractivity contribution >= 4 is 28.6 Å². The van der Waals surface area contributed by atoms with Gasteiger partial charge in [0.1, 0.15) is 0 Å². The van der Waals surface area contributed by atoms with E-state index in [4.69, 9.17) is 4.74 Å². The molecule has 1 heterocycles. The molecule has 1 aromatic heterocycles. The average molecular weight is 306 g/mol. The Bertz CT molecular complexity index is 669. The van der Waals surface area contributed by atoms with E-state index in [0.29, 0.717) is 22.7 Å². The third-order valence-corrected chi connectivity index (χ3v) is 3.78. The summed E-state index contributed by atoms with van der Waals surface area (Å²) in [5.41, 5.74) is 0.430. The molecule has 0 unspecified atom stereocenters. The number of H-pyrrole nitrogens is 1. The summed E-state index contributed by atoms with van der Waals surface area (Å²) < 4.78 is 5.10. The molecule has 0 saturated carbocycles. The van der Waals surface area contributed by atoms with Crippen molar-refractivity contribution in [1.82, 2.24) is 9.97 Å². The Morgan fingerprint density at radius 1 is 1.33 bits per heavy atom. The number of nitrogens with zero attached hydrogens (tertiary/aromatic N) is 1. The fourth-order valence-corrected chi connectivity index (χ4v) is 2.51. The summed E-state index contributed by atoms with van der Waals surface area (Å²) in [4.78, 5) is 30.4. The van der Waals surface area contributed by atoms with Gasteiger partial charge in [-0.15, -0.1) is 0 Å². The Morgan fingerprint density at radius 2 is 2.14 bits per heavy atom. The van der Waals surface area contributed by atoms with Crippen LogP contribution in [0.2, 0.25) is 0 Å². The van der Waals surface area contributed by atoms with Crippen LogP contribution < -0.4 is 5.56 Å². The van der Waals surface area contributed by atoms with E-state index >= 15 is 0 Å². The molecule has 1 N–H and O–H groups in total. The van der Waals surface area contributed by atoms with Crippen LogP contribution in [0.3, 0.4) is 0 Å². The summed E-state index contributed by atoms with van der Waals surface area (Å²) in [7, 11) is 0. The number of unbranched alkanes of at least 4 members (excludes halogenated alkanes) is 2. The van der Waals surface area contributed by atoms with Gasteiger partial charge in [0, 0.05) is 0 Å². The lowest BCUT2D eigenvalue weighted by Crippen LogP contribution is -2.12. The van der Waals surface area contributed by atoms with Crippen molar-refractivity contribution < 1.29 is 9.53 Å². The smallest absolute Gasteiger partial charge is 0.316 e. The number of ether oxygens (including phenoxy) is 1. The van der Waals surface area contributed by atoms with Crippen LogP contribution >= 0.6 is 11.8 Å². The zero-order valence-corrected chi connectivity index (χ0v) is 12.7. The van der Waals surface area contributed by atoms with Crippen LogP contribution in [0, 0.1) is 0 Å². The molecule has 0 aliphatic rings. The molecule has 1 aromatic carbocycles. The Morgan fingerprint density at radius 3 is 2.95 bits per heavy atom. The van der Waals surface area contributed by atoms with Gasteiger partial charge in [0.05, 0.1) is 23.3 Å². The highest BCUT2D eigenvalue weighted by Gasteiger charge is 2.08. The minimum Gasteiger partial charge on any atom is -0.465 e. The second-order valence-corrected chi connectivity index (χ2v) is 5.57. The van der Waals surface area contributed by atoms with Crippen LogP contribution in [0.15, 0.2) is 34.2 Å². The van der Waals surface area contributed by atoms with Crippen LogP contribution in [0.5, 0.6) is 0 Å². The molecule has 0 atom stereocenters. The molecule has 5 nitrogen and oxygen atoms in total. The molecule has 21 heavy (non-hydrogen) atoms. The second kappa shape index (κ2) is 7.83. The minimum absolute atomic E-state index is 0.146. The summed E-state index contributed by atoms with van der Waals surface area (Å²) in [5, 5.41) is 0.980. The largest absolute Gasteiger partial charge is 0.465 e. The molecule has 112 valence electrons. The van der Waals surface area contributed by atoms with Gasteiger partial charge < -0.3 is 9.72 Å². The van der Waals surface area contributed by atoms with Gasteiger partial charge in [-0.05, 0) is 18.6 Å². The number of aromatic nitrogens is 2. The number of esters is 1. The van der Waals surface area contributed by atoms with Gasteiger partial charge in [-0.25, -0.2) is 4.98 Å². The highest BCUT2D eigenvalue weighted by atomic mass is 32.2. The van der Waals surface area contributed by atoms with Crippen LogP contribution in [0.4, 0.5) is 0 Å². The first-order valence-electron chi connectivity index (χ1n) is 6.98. The standard InChI is InChI=1S/C15H18N2O3S/c1-2-3-6-9-20-13(18)10-21-15-16-12-8-5-4-7-11(12)14(19)17-15/h4-5,7-8H,2-3,6,9-10H2,1H3,(H,16,17,19). The maximum Gasteiger partial charge on any atom is 0.316 e. The van der Waals surface area contributed by atoms with E-state index in [-0.39, 0.29) is 17.3 Å². The number of nitrogens with one attached hydrogen (secondary N) is 1. The molecule has 0 radical (unpaired) electrons. The van der Waals surface area contributed by atoms with Crippen LogP contribution in [-0.4, -0.2) is 28.3 Å². The molecule has 2 rings (SSSR count). The summed E-state index contributed by atoms with van der Waals surface area (Å²) in [5.74, 6) is -0.139. The van der Waals surface area contributed by atoms with E-state index in [2.05, 4.69) is 16.9 Å². The van der Waals surface area contributed by atoms with E-state index < -0.39 is 0 Å². The Hall–Kier alpha value is -1.82. The van der Waals surface area contributed by atoms with Gasteiger partial charge in [0.2, 0.25) is 0 Å². The number of hydrogen-bond acceptors (Lipinski definition) is 5. The monoisotopic (exact) mass is 306 g/mol. The molecular formula is C15H18N2O3S. The van der Waals surface area contributed by atoms with Crippen LogP contribution in [0.25, 0.3) is 10.9 Å². The quantitative estimate of drug-likeness (QED) is 0.368. The fourth-order valence-electron chi connectivity index (χ4n) is 1.84. The predicted molar refractivity (Wildman–Crippen MR) is 83.6 cm³/mol. The first-order chi connectivity index (χ1) is 10.2. The zero-order valence-electron chi connectivity index (χ0n) is 11.9. The number of fused-ring (bicyclic) bond motifs is 1.